The van der Waals surface area contributed by atoms with Crippen molar-refractivity contribution in [2.45, 2.75) is 34.1 Å². The van der Waals surface area contributed by atoms with Crippen LogP contribution < -0.4 is 10.5 Å². The number of nitrogens with two attached hydrogens (primary N) is 1. The van der Waals surface area contributed by atoms with E-state index >= 15 is 0 Å². The molecule has 1 aromatic carbocycles. The monoisotopic (exact) mass is 393 g/mol. The topological polar surface area (TPSA) is 87.5 Å². The molecule has 0 aliphatic rings. The number of rotatable bonds is 8. The molecule has 3 aromatic rings. The molecule has 7 heteroatoms. The molecule has 0 saturated heterocycles. The SMILES string of the molecule is Cc1ccc(C)c(OCCCO/N=C(\N)c2ccc(-n3nc(C)cc3C)nc2)c1. The second-order valence-electron chi connectivity index (χ2n) is 7.02. The lowest BCUT2D eigenvalue weighted by Crippen LogP contribution is -2.15. The molecule has 7 nitrogen and oxygen atoms in total. The van der Waals surface area contributed by atoms with Crippen LogP contribution in [0.5, 0.6) is 5.75 Å². The van der Waals surface area contributed by atoms with Gasteiger partial charge in [0, 0.05) is 23.9 Å². The van der Waals surface area contributed by atoms with E-state index in [1.807, 2.05) is 52.0 Å². The zero-order valence-electron chi connectivity index (χ0n) is 17.3. The Morgan fingerprint density at radius 1 is 1.07 bits per heavy atom. The summed E-state index contributed by atoms with van der Waals surface area (Å²) in [5.41, 5.74) is 11.0. The van der Waals surface area contributed by atoms with Gasteiger partial charge in [0.2, 0.25) is 0 Å². The Kier molecular flexibility index (Phi) is 6.49. The minimum atomic E-state index is 0.285. The van der Waals surface area contributed by atoms with E-state index in [1.54, 1.807) is 10.9 Å². The van der Waals surface area contributed by atoms with Crippen molar-refractivity contribution in [2.24, 2.45) is 10.9 Å². The number of hydrogen-bond acceptors (Lipinski definition) is 5. The first-order valence-electron chi connectivity index (χ1n) is 9.59. The smallest absolute Gasteiger partial charge is 0.171 e. The lowest BCUT2D eigenvalue weighted by atomic mass is 10.1. The normalized spacial score (nSPS) is 11.5. The van der Waals surface area contributed by atoms with Gasteiger partial charge in [0.15, 0.2) is 11.7 Å². The van der Waals surface area contributed by atoms with Crippen LogP contribution in [0.2, 0.25) is 0 Å². The third-order valence-corrected chi connectivity index (χ3v) is 4.41. The van der Waals surface area contributed by atoms with Gasteiger partial charge in [-0.25, -0.2) is 9.67 Å². The number of amidine groups is 1. The molecule has 29 heavy (non-hydrogen) atoms. The highest BCUT2D eigenvalue weighted by Gasteiger charge is 2.06. The van der Waals surface area contributed by atoms with Crippen LogP contribution in [0.25, 0.3) is 5.82 Å². The van der Waals surface area contributed by atoms with E-state index in [-0.39, 0.29) is 5.84 Å². The molecule has 0 unspecified atom stereocenters. The average Bonchev–Trinajstić information content (AvgIpc) is 3.05. The summed E-state index contributed by atoms with van der Waals surface area (Å²) in [4.78, 5) is 9.73. The van der Waals surface area contributed by atoms with E-state index in [0.717, 1.165) is 28.5 Å². The summed E-state index contributed by atoms with van der Waals surface area (Å²) in [6.07, 6.45) is 2.37. The maximum atomic E-state index is 5.99. The molecule has 2 heterocycles. The first-order valence-corrected chi connectivity index (χ1v) is 9.59. The largest absolute Gasteiger partial charge is 0.493 e. The number of benzene rings is 1. The number of oxime groups is 1. The summed E-state index contributed by atoms with van der Waals surface area (Å²) >= 11 is 0. The van der Waals surface area contributed by atoms with Crippen LogP contribution in [0.4, 0.5) is 0 Å². The van der Waals surface area contributed by atoms with Crippen LogP contribution in [-0.2, 0) is 4.84 Å². The van der Waals surface area contributed by atoms with E-state index in [9.17, 15) is 0 Å². The Hall–Kier alpha value is -3.35. The first-order chi connectivity index (χ1) is 13.9. The molecule has 0 fully saturated rings. The van der Waals surface area contributed by atoms with Crippen molar-refractivity contribution >= 4 is 5.84 Å². The number of nitrogens with zero attached hydrogens (tertiary/aromatic N) is 4. The molecule has 2 N–H and O–H groups in total. The molecule has 0 radical (unpaired) electrons. The molecular weight excluding hydrogens is 366 g/mol. The Morgan fingerprint density at radius 3 is 2.59 bits per heavy atom. The fourth-order valence-corrected chi connectivity index (χ4v) is 2.86. The van der Waals surface area contributed by atoms with Gasteiger partial charge in [0.1, 0.15) is 12.4 Å². The summed E-state index contributed by atoms with van der Waals surface area (Å²) in [6, 6.07) is 11.9. The number of ether oxygens (including phenoxy) is 1. The molecule has 0 bridgehead atoms. The maximum absolute atomic E-state index is 5.99. The fourth-order valence-electron chi connectivity index (χ4n) is 2.86. The second kappa shape index (κ2) is 9.23. The van der Waals surface area contributed by atoms with Crippen molar-refractivity contribution < 1.29 is 9.57 Å². The van der Waals surface area contributed by atoms with Gasteiger partial charge in [-0.3, -0.25) is 0 Å². The Bertz CT molecular complexity index is 993. The van der Waals surface area contributed by atoms with E-state index in [2.05, 4.69) is 27.4 Å². The molecule has 0 spiro atoms. The number of hydrogen-bond donors (Lipinski definition) is 1. The second-order valence-corrected chi connectivity index (χ2v) is 7.02. The highest BCUT2D eigenvalue weighted by molar-refractivity contribution is 5.96. The van der Waals surface area contributed by atoms with Crippen molar-refractivity contribution in [3.8, 4) is 11.6 Å². The predicted octanol–water partition coefficient (Wildman–Crippen LogP) is 3.61. The predicted molar refractivity (Wildman–Crippen MR) is 114 cm³/mol. The summed E-state index contributed by atoms with van der Waals surface area (Å²) in [5.74, 6) is 1.92. The van der Waals surface area contributed by atoms with E-state index < -0.39 is 0 Å². The zero-order chi connectivity index (χ0) is 20.8. The third-order valence-electron chi connectivity index (χ3n) is 4.41. The minimum Gasteiger partial charge on any atom is -0.493 e. The first kappa shape index (κ1) is 20.4. The van der Waals surface area contributed by atoms with Crippen LogP contribution in [-0.4, -0.2) is 33.8 Å². The zero-order valence-corrected chi connectivity index (χ0v) is 17.3. The van der Waals surface area contributed by atoms with Crippen molar-refractivity contribution in [3.05, 3.63) is 70.7 Å². The highest BCUT2D eigenvalue weighted by Crippen LogP contribution is 2.19. The van der Waals surface area contributed by atoms with Crippen molar-refractivity contribution in [2.75, 3.05) is 13.2 Å². The Morgan fingerprint density at radius 2 is 1.90 bits per heavy atom. The summed E-state index contributed by atoms with van der Waals surface area (Å²) in [6.45, 7) is 8.99. The summed E-state index contributed by atoms with van der Waals surface area (Å²) in [5, 5.41) is 8.39. The molecular formula is C22H27N5O2. The molecule has 0 aliphatic heterocycles. The van der Waals surface area contributed by atoms with Gasteiger partial charge in [-0.1, -0.05) is 17.3 Å². The lowest BCUT2D eigenvalue weighted by Gasteiger charge is -2.09. The van der Waals surface area contributed by atoms with Gasteiger partial charge in [0.25, 0.3) is 0 Å². The third kappa shape index (κ3) is 5.34. The molecule has 3 rings (SSSR count). The fraction of sp³-hybridized carbons (Fsp3) is 0.318. The van der Waals surface area contributed by atoms with Gasteiger partial charge >= 0.3 is 0 Å². The lowest BCUT2D eigenvalue weighted by molar-refractivity contribution is 0.127. The molecule has 152 valence electrons. The Labute approximate surface area is 171 Å². The summed E-state index contributed by atoms with van der Waals surface area (Å²) < 4.78 is 7.59. The number of aryl methyl sites for hydroxylation is 4. The number of pyridine rings is 1. The number of aromatic nitrogens is 3. The van der Waals surface area contributed by atoms with Crippen molar-refractivity contribution in [1.29, 1.82) is 0 Å². The van der Waals surface area contributed by atoms with Gasteiger partial charge < -0.3 is 15.3 Å². The van der Waals surface area contributed by atoms with Crippen LogP contribution in [0, 0.1) is 27.7 Å². The summed E-state index contributed by atoms with van der Waals surface area (Å²) in [7, 11) is 0. The molecule has 0 amide bonds. The van der Waals surface area contributed by atoms with Crippen LogP contribution in [0.3, 0.4) is 0 Å². The Balaban J connectivity index is 1.47. The van der Waals surface area contributed by atoms with Crippen LogP contribution in [0.1, 0.15) is 34.5 Å². The average molecular weight is 393 g/mol. The van der Waals surface area contributed by atoms with Gasteiger partial charge in [-0.2, -0.15) is 5.10 Å². The van der Waals surface area contributed by atoms with Gasteiger partial charge in [-0.05, 0) is 63.1 Å². The molecule has 0 saturated carbocycles. The van der Waals surface area contributed by atoms with Gasteiger partial charge in [-0.15, -0.1) is 0 Å². The minimum absolute atomic E-state index is 0.285. The molecule has 2 aromatic heterocycles. The van der Waals surface area contributed by atoms with Crippen molar-refractivity contribution in [1.82, 2.24) is 14.8 Å². The van der Waals surface area contributed by atoms with E-state index in [1.165, 1.54) is 5.56 Å². The highest BCUT2D eigenvalue weighted by atomic mass is 16.6. The van der Waals surface area contributed by atoms with Crippen LogP contribution in [0.15, 0.2) is 47.8 Å². The molecule has 0 atom stereocenters. The van der Waals surface area contributed by atoms with E-state index in [4.69, 9.17) is 15.3 Å². The standard InChI is InChI=1S/C22H27N5O2/c1-15-6-7-16(2)20(12-15)28-10-5-11-29-26-22(23)19-8-9-21(24-14-19)27-18(4)13-17(3)25-27/h6-9,12-14H,5,10-11H2,1-4H3,(H2,23,26). The maximum Gasteiger partial charge on any atom is 0.171 e. The van der Waals surface area contributed by atoms with Crippen LogP contribution >= 0.6 is 0 Å². The van der Waals surface area contributed by atoms with Crippen molar-refractivity contribution in [3.63, 3.8) is 0 Å². The van der Waals surface area contributed by atoms with E-state index in [0.29, 0.717) is 25.2 Å². The quantitative estimate of drug-likeness (QED) is 0.273. The molecule has 0 aliphatic carbocycles. The van der Waals surface area contributed by atoms with Gasteiger partial charge in [0.05, 0.1) is 12.3 Å².